The zero-order valence-corrected chi connectivity index (χ0v) is 20.5. The summed E-state index contributed by atoms with van der Waals surface area (Å²) in [5, 5.41) is 33.9. The lowest BCUT2D eigenvalue weighted by molar-refractivity contribution is -0.125. The fourth-order valence-corrected chi connectivity index (χ4v) is 6.57. The molecule has 0 fully saturated rings. The largest absolute Gasteiger partial charge is 0.399 e. The van der Waals surface area contributed by atoms with Crippen molar-refractivity contribution in [3.8, 4) is 18.2 Å². The summed E-state index contributed by atoms with van der Waals surface area (Å²) in [6, 6.07) is 22.0. The molecule has 7 heteroatoms. The maximum atomic E-state index is 13.9. The zero-order chi connectivity index (χ0) is 24.8. The Kier molecular flexibility index (Phi) is 5.51. The third-order valence-electron chi connectivity index (χ3n) is 7.84. The van der Waals surface area contributed by atoms with Crippen LogP contribution in [0.15, 0.2) is 75.9 Å². The van der Waals surface area contributed by atoms with E-state index < -0.39 is 22.7 Å². The molecule has 1 aliphatic heterocycles. The highest BCUT2D eigenvalue weighted by atomic mass is 79.9. The van der Waals surface area contributed by atoms with Crippen LogP contribution in [0, 0.1) is 51.2 Å². The summed E-state index contributed by atoms with van der Waals surface area (Å²) < 4.78 is 0.729. The minimum atomic E-state index is -2.02. The molecule has 2 aromatic carbocycles. The molecule has 0 aromatic heterocycles. The summed E-state index contributed by atoms with van der Waals surface area (Å²) in [5.74, 6) is -0.735. The van der Waals surface area contributed by atoms with E-state index in [9.17, 15) is 20.6 Å². The molecule has 6 nitrogen and oxygen atoms in total. The van der Waals surface area contributed by atoms with E-state index in [1.165, 1.54) is 5.56 Å². The van der Waals surface area contributed by atoms with E-state index in [1.807, 2.05) is 30.3 Å². The highest BCUT2D eigenvalue weighted by molar-refractivity contribution is 9.10. The first kappa shape index (κ1) is 22.9. The maximum absolute atomic E-state index is 13.9. The monoisotopic (exact) mass is 523 g/mol. The van der Waals surface area contributed by atoms with Gasteiger partial charge in [-0.25, -0.2) is 0 Å². The molecule has 172 valence electrons. The molecule has 0 saturated heterocycles. The molecule has 3 N–H and O–H groups in total. The molecule has 2 aliphatic carbocycles. The number of hydrogen-bond donors (Lipinski definition) is 2. The normalized spacial score (nSPS) is 26.0. The second-order valence-electron chi connectivity index (χ2n) is 9.40. The molecule has 0 unspecified atom stereocenters. The van der Waals surface area contributed by atoms with Crippen LogP contribution in [0.2, 0.25) is 0 Å². The number of aryl methyl sites for hydroxylation is 1. The Balaban J connectivity index is 1.70. The number of carbonyl (C=O) groups excluding carboxylic acids is 1. The van der Waals surface area contributed by atoms with E-state index >= 15 is 0 Å². The van der Waals surface area contributed by atoms with Crippen molar-refractivity contribution in [2.24, 2.45) is 23.0 Å². The zero-order valence-electron chi connectivity index (χ0n) is 18.9. The van der Waals surface area contributed by atoms with Gasteiger partial charge in [0, 0.05) is 16.1 Å². The number of amides is 1. The summed E-state index contributed by atoms with van der Waals surface area (Å²) in [6.45, 7) is 0. The number of rotatable bonds is 3. The summed E-state index contributed by atoms with van der Waals surface area (Å²) in [6.07, 6.45) is 5.08. The van der Waals surface area contributed by atoms with Crippen molar-refractivity contribution in [3.63, 3.8) is 0 Å². The van der Waals surface area contributed by atoms with Crippen LogP contribution in [-0.4, -0.2) is 5.91 Å². The predicted octanol–water partition coefficient (Wildman–Crippen LogP) is 5.01. The molecular formula is C28H22BrN5O. The molecule has 1 spiro atoms. The van der Waals surface area contributed by atoms with Gasteiger partial charge in [0.05, 0.1) is 23.4 Å². The van der Waals surface area contributed by atoms with Crippen molar-refractivity contribution >= 4 is 27.5 Å². The van der Waals surface area contributed by atoms with Gasteiger partial charge in [-0.1, -0.05) is 52.3 Å². The summed E-state index contributed by atoms with van der Waals surface area (Å²) in [7, 11) is 0. The number of allylic oxidation sites excluding steroid dienone is 4. The fraction of sp³-hybridized carbons (Fsp3) is 0.286. The van der Waals surface area contributed by atoms with Gasteiger partial charge in [0.2, 0.25) is 11.3 Å². The van der Waals surface area contributed by atoms with Crippen LogP contribution in [-0.2, 0) is 16.6 Å². The Bertz CT molecular complexity index is 1410. The Morgan fingerprint density at radius 1 is 1.11 bits per heavy atom. The van der Waals surface area contributed by atoms with Crippen LogP contribution >= 0.6 is 15.9 Å². The molecule has 0 radical (unpaired) electrons. The second-order valence-corrected chi connectivity index (χ2v) is 10.3. The lowest BCUT2D eigenvalue weighted by Crippen LogP contribution is -2.60. The first-order valence-electron chi connectivity index (χ1n) is 11.5. The molecule has 35 heavy (non-hydrogen) atoms. The van der Waals surface area contributed by atoms with E-state index in [1.54, 1.807) is 12.1 Å². The highest BCUT2D eigenvalue weighted by Gasteiger charge is 2.71. The third kappa shape index (κ3) is 3.07. The van der Waals surface area contributed by atoms with Crippen LogP contribution in [0.4, 0.5) is 5.69 Å². The molecule has 3 atom stereocenters. The van der Waals surface area contributed by atoms with Crippen molar-refractivity contribution in [2.75, 3.05) is 5.32 Å². The van der Waals surface area contributed by atoms with Crippen molar-refractivity contribution in [1.29, 1.82) is 15.8 Å². The summed E-state index contributed by atoms with van der Waals surface area (Å²) in [4.78, 5) is 13.9. The minimum absolute atomic E-state index is 0.141. The van der Waals surface area contributed by atoms with E-state index in [-0.39, 0.29) is 17.2 Å². The van der Waals surface area contributed by atoms with Gasteiger partial charge in [-0.15, -0.1) is 0 Å². The van der Waals surface area contributed by atoms with Gasteiger partial charge in [0.15, 0.2) is 0 Å². The number of hydrogen-bond acceptors (Lipinski definition) is 5. The number of carbonyl (C=O) groups is 1. The molecular weight excluding hydrogens is 502 g/mol. The van der Waals surface area contributed by atoms with Crippen LogP contribution in [0.3, 0.4) is 0 Å². The van der Waals surface area contributed by atoms with Gasteiger partial charge in [0.1, 0.15) is 11.5 Å². The molecule has 1 amide bonds. The standard InChI is InChI=1S/C28H22BrN5O/c29-19-9-11-24-23(13-19)28(26(35)34-24)22-12-18(7-6-17-4-2-1-3-5-17)8-10-20(22)21(14-30)25(33)27(28,15-31)16-32/h1-5,9-11,13,18,22H,6-8,12,33H2,(H,34,35)/t18-,22-,28-/m1/s1. The van der Waals surface area contributed by atoms with E-state index in [0.29, 0.717) is 23.2 Å². The van der Waals surface area contributed by atoms with Gasteiger partial charge < -0.3 is 11.1 Å². The number of nitrogens with two attached hydrogens (primary N) is 1. The first-order valence-corrected chi connectivity index (χ1v) is 12.3. The van der Waals surface area contributed by atoms with Gasteiger partial charge in [-0.3, -0.25) is 4.79 Å². The topological polar surface area (TPSA) is 126 Å². The Morgan fingerprint density at radius 2 is 1.86 bits per heavy atom. The molecule has 1 heterocycles. The molecule has 0 saturated carbocycles. The molecule has 2 aromatic rings. The van der Waals surface area contributed by atoms with Gasteiger partial charge in [0.25, 0.3) is 0 Å². The third-order valence-corrected chi connectivity index (χ3v) is 8.33. The predicted molar refractivity (Wildman–Crippen MR) is 134 cm³/mol. The Morgan fingerprint density at radius 3 is 2.54 bits per heavy atom. The number of nitrogens with one attached hydrogen (secondary N) is 1. The number of benzene rings is 2. The number of nitriles is 3. The summed E-state index contributed by atoms with van der Waals surface area (Å²) >= 11 is 3.49. The quantitative estimate of drug-likeness (QED) is 0.584. The van der Waals surface area contributed by atoms with Crippen LogP contribution in [0.1, 0.15) is 30.4 Å². The van der Waals surface area contributed by atoms with E-state index in [0.717, 1.165) is 23.7 Å². The lowest BCUT2D eigenvalue weighted by atomic mass is 9.46. The van der Waals surface area contributed by atoms with Crippen LogP contribution < -0.4 is 11.1 Å². The number of anilines is 1. The average Bonchev–Trinajstić information content (AvgIpc) is 3.17. The van der Waals surface area contributed by atoms with Gasteiger partial charge >= 0.3 is 0 Å². The Labute approximate surface area is 212 Å². The van der Waals surface area contributed by atoms with Crippen molar-refractivity contribution in [3.05, 3.63) is 87.0 Å². The second kappa shape index (κ2) is 8.42. The molecule has 5 rings (SSSR count). The number of halogens is 1. The summed E-state index contributed by atoms with van der Waals surface area (Å²) in [5.41, 5.74) is 5.93. The highest BCUT2D eigenvalue weighted by Crippen LogP contribution is 2.64. The van der Waals surface area contributed by atoms with Crippen molar-refractivity contribution in [1.82, 2.24) is 0 Å². The SMILES string of the molecule is N#CC1=C(N)C(C#N)(C#N)[C@]2(C(=O)Nc3ccc(Br)cc32)[C@@H]2C[C@H](CCc3ccccc3)CC=C12. The average molecular weight is 524 g/mol. The molecule has 3 aliphatic rings. The maximum Gasteiger partial charge on any atom is 0.238 e. The van der Waals surface area contributed by atoms with Crippen LogP contribution in [0.5, 0.6) is 0 Å². The van der Waals surface area contributed by atoms with E-state index in [2.05, 4.69) is 51.6 Å². The van der Waals surface area contributed by atoms with Crippen molar-refractivity contribution in [2.45, 2.75) is 31.1 Å². The smallest absolute Gasteiger partial charge is 0.238 e. The van der Waals surface area contributed by atoms with Gasteiger partial charge in [-0.2, -0.15) is 15.8 Å². The fourth-order valence-electron chi connectivity index (χ4n) is 6.21. The van der Waals surface area contributed by atoms with E-state index in [4.69, 9.17) is 5.73 Å². The van der Waals surface area contributed by atoms with Gasteiger partial charge in [-0.05, 0) is 66.5 Å². The van der Waals surface area contributed by atoms with Crippen molar-refractivity contribution < 1.29 is 4.79 Å². The lowest BCUT2D eigenvalue weighted by Gasteiger charge is -2.50. The molecule has 0 bridgehead atoms. The Hall–Kier alpha value is -3.86. The first-order chi connectivity index (χ1) is 16.9. The van der Waals surface area contributed by atoms with Crippen LogP contribution in [0.25, 0.3) is 0 Å². The number of nitrogens with zero attached hydrogens (tertiary/aromatic N) is 3. The minimum Gasteiger partial charge on any atom is -0.399 e. The number of fused-ring (bicyclic) bond motifs is 4.